The Kier molecular flexibility index (Phi) is 7.19. The van der Waals surface area contributed by atoms with Crippen molar-refractivity contribution in [2.75, 3.05) is 20.3 Å². The first-order chi connectivity index (χ1) is 10.3. The average molecular weight is 336 g/mol. The zero-order valence-corrected chi connectivity index (χ0v) is 14.3. The van der Waals surface area contributed by atoms with Gasteiger partial charge in [0.2, 0.25) is 0 Å². The summed E-state index contributed by atoms with van der Waals surface area (Å²) in [6, 6.07) is 0. The number of carbonyl (C=O) groups excluding carboxylic acids is 1. The summed E-state index contributed by atoms with van der Waals surface area (Å²) >= 11 is 0. The summed E-state index contributed by atoms with van der Waals surface area (Å²) in [4.78, 5) is 23.9. The van der Waals surface area contributed by atoms with Gasteiger partial charge in [0, 0.05) is 20.0 Å². The van der Waals surface area contributed by atoms with Crippen molar-refractivity contribution in [3.8, 4) is 0 Å². The molecule has 8 heteroatoms. The van der Waals surface area contributed by atoms with Crippen molar-refractivity contribution in [1.29, 1.82) is 0 Å². The molecule has 128 valence electrons. The number of ether oxygens (including phenoxy) is 1. The Bertz CT molecular complexity index is 440. The topological polar surface area (TPSA) is 99.1 Å². The number of hydrogen-bond donors (Lipinski definition) is 1. The lowest BCUT2D eigenvalue weighted by molar-refractivity contribution is -0.149. The smallest absolute Gasteiger partial charge is 0.344 e. The van der Waals surface area contributed by atoms with Crippen LogP contribution >= 0.6 is 7.60 Å². The van der Waals surface area contributed by atoms with Crippen LogP contribution in [0.4, 0.5) is 0 Å². The lowest BCUT2D eigenvalue weighted by atomic mass is 9.80. The van der Waals surface area contributed by atoms with E-state index in [-0.39, 0.29) is 25.4 Å². The van der Waals surface area contributed by atoms with Crippen molar-refractivity contribution < 1.29 is 33.0 Å². The van der Waals surface area contributed by atoms with Gasteiger partial charge < -0.3 is 18.9 Å². The predicted molar refractivity (Wildman–Crippen MR) is 80.1 cm³/mol. The zero-order valence-electron chi connectivity index (χ0n) is 13.4. The van der Waals surface area contributed by atoms with E-state index in [0.717, 1.165) is 12.8 Å². The molecule has 0 aromatic rings. The molecule has 1 unspecified atom stereocenters. The third-order valence-electron chi connectivity index (χ3n) is 3.94. The summed E-state index contributed by atoms with van der Waals surface area (Å²) in [5.74, 6) is -1.45. The molecule has 1 N–H and O–H groups in total. The molecule has 1 saturated carbocycles. The minimum Gasteiger partial charge on any atom is -0.481 e. The highest BCUT2D eigenvalue weighted by atomic mass is 31.2. The van der Waals surface area contributed by atoms with E-state index in [9.17, 15) is 19.3 Å². The van der Waals surface area contributed by atoms with Crippen molar-refractivity contribution in [3.05, 3.63) is 0 Å². The molecule has 1 aliphatic carbocycles. The number of rotatable bonds is 9. The SMILES string of the molecule is CCOP(=O)(OCC)C(C[C@]1(OC)CCCCC1=O)C(=O)O. The number of hydrogen-bond acceptors (Lipinski definition) is 6. The lowest BCUT2D eigenvalue weighted by Gasteiger charge is -2.37. The summed E-state index contributed by atoms with van der Waals surface area (Å²) in [5.41, 5.74) is -2.64. The first-order valence-electron chi connectivity index (χ1n) is 7.55. The summed E-state index contributed by atoms with van der Waals surface area (Å²) in [6.45, 7) is 3.36. The van der Waals surface area contributed by atoms with Crippen molar-refractivity contribution in [2.45, 2.75) is 57.2 Å². The van der Waals surface area contributed by atoms with Gasteiger partial charge in [-0.1, -0.05) is 0 Å². The van der Waals surface area contributed by atoms with Gasteiger partial charge in [0.25, 0.3) is 0 Å². The highest BCUT2D eigenvalue weighted by molar-refractivity contribution is 7.55. The zero-order chi connectivity index (χ0) is 16.8. The Labute approximate surface area is 130 Å². The second kappa shape index (κ2) is 8.20. The molecule has 1 rings (SSSR count). The normalized spacial score (nSPS) is 24.2. The highest BCUT2D eigenvalue weighted by Crippen LogP contribution is 2.56. The van der Waals surface area contributed by atoms with Gasteiger partial charge in [0.1, 0.15) is 5.60 Å². The molecule has 22 heavy (non-hydrogen) atoms. The van der Waals surface area contributed by atoms with Gasteiger partial charge in [-0.3, -0.25) is 14.2 Å². The average Bonchev–Trinajstić information content (AvgIpc) is 2.46. The van der Waals surface area contributed by atoms with Crippen LogP contribution in [0.5, 0.6) is 0 Å². The number of carboxylic acid groups (broad SMARTS) is 1. The van der Waals surface area contributed by atoms with E-state index >= 15 is 0 Å². The van der Waals surface area contributed by atoms with Gasteiger partial charge in [-0.2, -0.15) is 0 Å². The lowest BCUT2D eigenvalue weighted by Crippen LogP contribution is -2.47. The minimum absolute atomic E-state index is 0.0645. The molecule has 0 spiro atoms. The molecular formula is C14H25O7P. The summed E-state index contributed by atoms with van der Waals surface area (Å²) in [5, 5.41) is 9.49. The number of ketones is 1. The summed E-state index contributed by atoms with van der Waals surface area (Å²) < 4.78 is 28.5. The van der Waals surface area contributed by atoms with Crippen LogP contribution in [0.3, 0.4) is 0 Å². The van der Waals surface area contributed by atoms with Gasteiger partial charge in [0.05, 0.1) is 13.2 Å². The van der Waals surface area contributed by atoms with E-state index in [1.807, 2.05) is 0 Å². The van der Waals surface area contributed by atoms with Crippen LogP contribution in [0.2, 0.25) is 0 Å². The van der Waals surface area contributed by atoms with E-state index in [1.165, 1.54) is 7.11 Å². The van der Waals surface area contributed by atoms with E-state index in [4.69, 9.17) is 13.8 Å². The Balaban J connectivity index is 3.11. The van der Waals surface area contributed by atoms with Crippen LogP contribution < -0.4 is 0 Å². The highest BCUT2D eigenvalue weighted by Gasteiger charge is 2.50. The van der Waals surface area contributed by atoms with Crippen molar-refractivity contribution in [2.24, 2.45) is 0 Å². The Morgan fingerprint density at radius 2 is 1.91 bits per heavy atom. The van der Waals surface area contributed by atoms with E-state index in [2.05, 4.69) is 0 Å². The van der Waals surface area contributed by atoms with Crippen LogP contribution in [0.1, 0.15) is 46.0 Å². The number of methoxy groups -OCH3 is 1. The second-order valence-corrected chi connectivity index (χ2v) is 7.48. The maximum absolute atomic E-state index is 12.8. The molecule has 0 aliphatic heterocycles. The first kappa shape index (κ1) is 19.3. The van der Waals surface area contributed by atoms with Crippen molar-refractivity contribution in [1.82, 2.24) is 0 Å². The summed E-state index contributed by atoms with van der Waals surface area (Å²) in [6.07, 6.45) is 2.09. The maximum atomic E-state index is 12.8. The van der Waals surface area contributed by atoms with Gasteiger partial charge in [-0.05, 0) is 33.1 Å². The van der Waals surface area contributed by atoms with Gasteiger partial charge in [-0.25, -0.2) is 0 Å². The van der Waals surface area contributed by atoms with E-state index < -0.39 is 24.8 Å². The monoisotopic (exact) mass is 336 g/mol. The molecule has 0 bridgehead atoms. The third kappa shape index (κ3) is 4.16. The largest absolute Gasteiger partial charge is 0.481 e. The molecule has 7 nitrogen and oxygen atoms in total. The molecule has 0 saturated heterocycles. The quantitative estimate of drug-likeness (QED) is 0.646. The molecule has 1 fully saturated rings. The molecule has 0 aromatic heterocycles. The fourth-order valence-corrected chi connectivity index (χ4v) is 4.75. The molecule has 2 atom stereocenters. The van der Waals surface area contributed by atoms with Gasteiger partial charge in [-0.15, -0.1) is 0 Å². The number of carbonyl (C=O) groups is 2. The molecule has 0 aromatic carbocycles. The Morgan fingerprint density at radius 3 is 2.32 bits per heavy atom. The van der Waals surface area contributed by atoms with Gasteiger partial charge >= 0.3 is 13.6 Å². The molecule has 1 aliphatic rings. The van der Waals surface area contributed by atoms with E-state index in [1.54, 1.807) is 13.8 Å². The third-order valence-corrected chi connectivity index (χ3v) is 6.34. The maximum Gasteiger partial charge on any atom is 0.344 e. The van der Waals surface area contributed by atoms with E-state index in [0.29, 0.717) is 12.8 Å². The number of aliphatic carboxylic acids is 1. The van der Waals surface area contributed by atoms with Crippen LogP contribution in [0, 0.1) is 0 Å². The summed E-state index contributed by atoms with van der Waals surface area (Å²) in [7, 11) is -2.48. The molecule has 0 amide bonds. The van der Waals surface area contributed by atoms with Gasteiger partial charge in [0.15, 0.2) is 11.4 Å². The van der Waals surface area contributed by atoms with Crippen LogP contribution in [-0.4, -0.2) is 48.4 Å². The van der Waals surface area contributed by atoms with Crippen molar-refractivity contribution in [3.63, 3.8) is 0 Å². The standard InChI is InChI=1S/C14H25O7P/c1-4-20-22(18,21-5-2)11(13(16)17)10-14(19-3)9-7-6-8-12(14)15/h11H,4-10H2,1-3H3,(H,16,17)/t11?,14-/m1/s1. The first-order valence-corrected chi connectivity index (χ1v) is 9.16. The van der Waals surface area contributed by atoms with Crippen LogP contribution in [-0.2, 0) is 27.9 Å². The van der Waals surface area contributed by atoms with Crippen molar-refractivity contribution >= 4 is 19.3 Å². The molecule has 0 radical (unpaired) electrons. The fraction of sp³-hybridized carbons (Fsp3) is 0.857. The number of Topliss-reactive ketones (excluding diaryl/α,β-unsaturated/α-hetero) is 1. The Hall–Kier alpha value is -0.750. The number of carboxylic acids is 1. The molecule has 0 heterocycles. The second-order valence-electron chi connectivity index (χ2n) is 5.26. The minimum atomic E-state index is -3.87. The Morgan fingerprint density at radius 1 is 1.32 bits per heavy atom. The fourth-order valence-electron chi connectivity index (χ4n) is 2.80. The predicted octanol–water partition coefficient (Wildman–Crippen LogP) is 2.62. The molecular weight excluding hydrogens is 311 g/mol. The van der Waals surface area contributed by atoms with Crippen LogP contribution in [0.15, 0.2) is 0 Å². The van der Waals surface area contributed by atoms with Crippen LogP contribution in [0.25, 0.3) is 0 Å².